The summed E-state index contributed by atoms with van der Waals surface area (Å²) in [4.78, 5) is 4.47. The van der Waals surface area contributed by atoms with Gasteiger partial charge in [-0.15, -0.1) is 24.0 Å². The van der Waals surface area contributed by atoms with E-state index in [2.05, 4.69) is 20.4 Å². The van der Waals surface area contributed by atoms with Crippen LogP contribution >= 0.6 is 24.0 Å². The first-order valence-corrected chi connectivity index (χ1v) is 8.82. The van der Waals surface area contributed by atoms with E-state index >= 15 is 0 Å². The van der Waals surface area contributed by atoms with Crippen LogP contribution in [0, 0.1) is 0 Å². The molecule has 0 aliphatic carbocycles. The summed E-state index contributed by atoms with van der Waals surface area (Å²) >= 11 is 0. The average molecular weight is 501 g/mol. The Morgan fingerprint density at radius 3 is 2.59 bits per heavy atom. The van der Waals surface area contributed by atoms with Crippen molar-refractivity contribution in [3.05, 3.63) is 23.8 Å². The van der Waals surface area contributed by atoms with Crippen LogP contribution in [0.3, 0.4) is 0 Å². The smallest absolute Gasteiger partial charge is 0.387 e. The maximum absolute atomic E-state index is 12.5. The number of benzene rings is 1. The van der Waals surface area contributed by atoms with Crippen LogP contribution in [0.4, 0.5) is 8.78 Å². The number of methoxy groups -OCH3 is 1. The zero-order valence-electron chi connectivity index (χ0n) is 16.1. The van der Waals surface area contributed by atoms with Crippen LogP contribution in [-0.4, -0.2) is 52.5 Å². The SMILES string of the molecule is CCNC(=NCCCOCC)NCCc1ccc(OC)c(OC(F)F)c1.I. The molecule has 1 rings (SSSR count). The van der Waals surface area contributed by atoms with Crippen LogP contribution in [-0.2, 0) is 11.2 Å². The van der Waals surface area contributed by atoms with Gasteiger partial charge in [-0.1, -0.05) is 6.07 Å². The van der Waals surface area contributed by atoms with Crippen LogP contribution in [0.5, 0.6) is 11.5 Å². The minimum atomic E-state index is -2.89. The summed E-state index contributed by atoms with van der Waals surface area (Å²) in [6.07, 6.45) is 1.49. The number of halogens is 3. The maximum Gasteiger partial charge on any atom is 0.387 e. The number of hydrogen-bond donors (Lipinski definition) is 2. The number of rotatable bonds is 12. The van der Waals surface area contributed by atoms with Crippen molar-refractivity contribution in [2.75, 3.05) is 40.0 Å². The normalized spacial score (nSPS) is 11.1. The first-order valence-electron chi connectivity index (χ1n) is 8.82. The van der Waals surface area contributed by atoms with Crippen LogP contribution in [0.15, 0.2) is 23.2 Å². The Kier molecular flexibility index (Phi) is 14.9. The van der Waals surface area contributed by atoms with Crippen molar-refractivity contribution in [1.29, 1.82) is 0 Å². The van der Waals surface area contributed by atoms with Crippen molar-refractivity contribution in [3.63, 3.8) is 0 Å². The topological polar surface area (TPSA) is 64.1 Å². The summed E-state index contributed by atoms with van der Waals surface area (Å²) in [7, 11) is 1.42. The quantitative estimate of drug-likeness (QED) is 0.199. The summed E-state index contributed by atoms with van der Waals surface area (Å²) in [5.74, 6) is 1.05. The predicted molar refractivity (Wildman–Crippen MR) is 114 cm³/mol. The molecule has 0 fully saturated rings. The summed E-state index contributed by atoms with van der Waals surface area (Å²) < 4.78 is 39.8. The zero-order valence-corrected chi connectivity index (χ0v) is 18.4. The van der Waals surface area contributed by atoms with Crippen molar-refractivity contribution >= 4 is 29.9 Å². The van der Waals surface area contributed by atoms with E-state index < -0.39 is 6.61 Å². The van der Waals surface area contributed by atoms with E-state index in [0.29, 0.717) is 32.7 Å². The third kappa shape index (κ3) is 11.2. The Morgan fingerprint density at radius 1 is 1.19 bits per heavy atom. The van der Waals surface area contributed by atoms with Gasteiger partial charge >= 0.3 is 6.61 Å². The molecule has 27 heavy (non-hydrogen) atoms. The first kappa shape index (κ1) is 25.6. The van der Waals surface area contributed by atoms with E-state index in [9.17, 15) is 8.78 Å². The highest BCUT2D eigenvalue weighted by molar-refractivity contribution is 14.0. The van der Waals surface area contributed by atoms with Gasteiger partial charge in [0.2, 0.25) is 0 Å². The molecule has 0 aliphatic heterocycles. The fourth-order valence-electron chi connectivity index (χ4n) is 2.23. The largest absolute Gasteiger partial charge is 0.493 e. The minimum Gasteiger partial charge on any atom is -0.493 e. The molecular weight excluding hydrogens is 471 g/mol. The van der Waals surface area contributed by atoms with Crippen LogP contribution < -0.4 is 20.1 Å². The van der Waals surface area contributed by atoms with Gasteiger partial charge in [-0.2, -0.15) is 8.78 Å². The molecule has 0 saturated carbocycles. The zero-order chi connectivity index (χ0) is 19.2. The fourth-order valence-corrected chi connectivity index (χ4v) is 2.23. The van der Waals surface area contributed by atoms with Gasteiger partial charge in [0, 0.05) is 32.8 Å². The molecule has 0 radical (unpaired) electrons. The molecule has 0 aliphatic rings. The number of nitrogens with one attached hydrogen (secondary N) is 2. The molecule has 0 bridgehead atoms. The van der Waals surface area contributed by atoms with E-state index in [-0.39, 0.29) is 35.5 Å². The van der Waals surface area contributed by atoms with Crippen molar-refractivity contribution in [2.24, 2.45) is 4.99 Å². The number of nitrogens with zero attached hydrogens (tertiary/aromatic N) is 1. The molecule has 0 amide bonds. The van der Waals surface area contributed by atoms with E-state index in [1.165, 1.54) is 7.11 Å². The van der Waals surface area contributed by atoms with Gasteiger partial charge in [-0.25, -0.2) is 0 Å². The van der Waals surface area contributed by atoms with Crippen molar-refractivity contribution in [1.82, 2.24) is 10.6 Å². The highest BCUT2D eigenvalue weighted by Crippen LogP contribution is 2.29. The lowest BCUT2D eigenvalue weighted by Crippen LogP contribution is -2.38. The molecule has 0 spiro atoms. The number of alkyl halides is 2. The van der Waals surface area contributed by atoms with E-state index in [4.69, 9.17) is 9.47 Å². The second-order valence-electron chi connectivity index (χ2n) is 5.35. The number of hydrogen-bond acceptors (Lipinski definition) is 4. The van der Waals surface area contributed by atoms with Gasteiger partial charge in [-0.3, -0.25) is 4.99 Å². The van der Waals surface area contributed by atoms with Crippen molar-refractivity contribution < 1.29 is 23.0 Å². The lowest BCUT2D eigenvalue weighted by Gasteiger charge is -2.13. The second-order valence-corrected chi connectivity index (χ2v) is 5.35. The predicted octanol–water partition coefficient (Wildman–Crippen LogP) is 3.44. The third-order valence-electron chi connectivity index (χ3n) is 3.42. The van der Waals surface area contributed by atoms with Gasteiger partial charge in [0.1, 0.15) is 0 Å². The van der Waals surface area contributed by atoms with Crippen LogP contribution in [0.2, 0.25) is 0 Å². The van der Waals surface area contributed by atoms with Gasteiger partial charge < -0.3 is 24.8 Å². The van der Waals surface area contributed by atoms with Crippen molar-refractivity contribution in [2.45, 2.75) is 33.3 Å². The van der Waals surface area contributed by atoms with Crippen LogP contribution in [0.25, 0.3) is 0 Å². The molecule has 156 valence electrons. The molecule has 0 saturated heterocycles. The highest BCUT2D eigenvalue weighted by atomic mass is 127. The summed E-state index contributed by atoms with van der Waals surface area (Å²) in [6, 6.07) is 5.02. The molecule has 0 atom stereocenters. The Labute approximate surface area is 177 Å². The molecule has 1 aromatic rings. The second kappa shape index (κ2) is 15.7. The number of ether oxygens (including phenoxy) is 3. The maximum atomic E-state index is 12.5. The Morgan fingerprint density at radius 2 is 1.96 bits per heavy atom. The van der Waals surface area contributed by atoms with E-state index in [1.807, 2.05) is 19.9 Å². The molecule has 0 unspecified atom stereocenters. The molecule has 2 N–H and O–H groups in total. The summed E-state index contributed by atoms with van der Waals surface area (Å²) in [6.45, 7) is 4.51. The van der Waals surface area contributed by atoms with E-state index in [0.717, 1.165) is 24.5 Å². The summed E-state index contributed by atoms with van der Waals surface area (Å²) in [5, 5.41) is 6.40. The van der Waals surface area contributed by atoms with E-state index in [1.54, 1.807) is 12.1 Å². The third-order valence-corrected chi connectivity index (χ3v) is 3.42. The van der Waals surface area contributed by atoms with Crippen molar-refractivity contribution in [3.8, 4) is 11.5 Å². The monoisotopic (exact) mass is 501 g/mol. The first-order chi connectivity index (χ1) is 12.6. The fraction of sp³-hybridized carbons (Fsp3) is 0.611. The van der Waals surface area contributed by atoms with Gasteiger partial charge in [0.05, 0.1) is 7.11 Å². The van der Waals surface area contributed by atoms with Crippen LogP contribution in [0.1, 0.15) is 25.8 Å². The molecule has 9 heteroatoms. The molecule has 1 aromatic carbocycles. The highest BCUT2D eigenvalue weighted by Gasteiger charge is 2.11. The Balaban J connectivity index is 0.00000676. The molecular formula is C18H30F2IN3O3. The average Bonchev–Trinajstić information content (AvgIpc) is 2.61. The number of guanidine groups is 1. The lowest BCUT2D eigenvalue weighted by molar-refractivity contribution is -0.0512. The molecule has 0 aromatic heterocycles. The standard InChI is InChI=1S/C18H29F2N3O3.HI/c1-4-21-18(22-10-6-12-25-5-2)23-11-9-14-7-8-15(24-3)16(13-14)26-17(19)20;/h7-8,13,17H,4-6,9-12H2,1-3H3,(H2,21,22,23);1H. The summed E-state index contributed by atoms with van der Waals surface area (Å²) in [5.41, 5.74) is 0.862. The number of aliphatic imine (C=N–C) groups is 1. The van der Waals surface area contributed by atoms with Gasteiger partial charge in [0.15, 0.2) is 17.5 Å². The Bertz CT molecular complexity index is 549. The lowest BCUT2D eigenvalue weighted by atomic mass is 10.1. The van der Waals surface area contributed by atoms with Gasteiger partial charge in [-0.05, 0) is 44.4 Å². The van der Waals surface area contributed by atoms with Gasteiger partial charge in [0.25, 0.3) is 0 Å². The molecule has 6 nitrogen and oxygen atoms in total. The minimum absolute atomic E-state index is 0. The Hall–Kier alpha value is -1.36. The molecule has 0 heterocycles.